The highest BCUT2D eigenvalue weighted by Crippen LogP contribution is 2.30. The molecule has 0 aliphatic rings. The van der Waals surface area contributed by atoms with Crippen molar-refractivity contribution in [2.75, 3.05) is 0 Å². The molecule has 0 radical (unpaired) electrons. The fraction of sp³-hybridized carbons (Fsp3) is 0.150. The molecule has 0 unspecified atom stereocenters. The smallest absolute Gasteiger partial charge is 0.328 e. The van der Waals surface area contributed by atoms with E-state index in [1.807, 2.05) is 31.4 Å². The summed E-state index contributed by atoms with van der Waals surface area (Å²) in [6.45, 7) is 4.21. The van der Waals surface area contributed by atoms with Crippen molar-refractivity contribution in [3.8, 4) is 17.4 Å². The third-order valence-electron chi connectivity index (χ3n) is 3.69. The average molecular weight is 382 g/mol. The molecule has 0 saturated heterocycles. The third kappa shape index (κ3) is 5.15. The Morgan fingerprint density at radius 1 is 1.22 bits per heavy atom. The Bertz CT molecular complexity index is 928. The number of hydrogen-bond acceptors (Lipinski definition) is 6. The van der Waals surface area contributed by atoms with Gasteiger partial charge in [0.15, 0.2) is 0 Å². The van der Waals surface area contributed by atoms with Crippen LogP contribution in [0, 0.1) is 13.8 Å². The first kappa shape index (κ1) is 18.6. The van der Waals surface area contributed by atoms with E-state index in [4.69, 9.17) is 14.6 Å². The van der Waals surface area contributed by atoms with Gasteiger partial charge in [0.05, 0.1) is 17.4 Å². The van der Waals surface area contributed by atoms with E-state index in [1.165, 1.54) is 11.3 Å². The van der Waals surface area contributed by atoms with Crippen LogP contribution in [0.4, 0.5) is 0 Å². The number of carboxylic acid groups (broad SMARTS) is 1. The summed E-state index contributed by atoms with van der Waals surface area (Å²) in [7, 11) is 0. The van der Waals surface area contributed by atoms with Crippen LogP contribution < -0.4 is 9.47 Å². The Balaban J connectivity index is 1.68. The van der Waals surface area contributed by atoms with Gasteiger partial charge in [-0.2, -0.15) is 0 Å². The van der Waals surface area contributed by atoms with Crippen LogP contribution in [-0.4, -0.2) is 21.0 Å². The second-order valence-electron chi connectivity index (χ2n) is 5.86. The van der Waals surface area contributed by atoms with Crippen molar-refractivity contribution >= 4 is 23.4 Å². The van der Waals surface area contributed by atoms with Gasteiger partial charge >= 0.3 is 5.97 Å². The van der Waals surface area contributed by atoms with Crippen molar-refractivity contribution in [2.45, 2.75) is 20.5 Å². The first-order valence-electron chi connectivity index (χ1n) is 8.17. The lowest BCUT2D eigenvalue weighted by molar-refractivity contribution is -0.131. The normalized spacial score (nSPS) is 10.9. The zero-order valence-corrected chi connectivity index (χ0v) is 15.7. The lowest BCUT2D eigenvalue weighted by Gasteiger charge is -2.12. The SMILES string of the molecule is Cc1cc(C=CC(=O)O)cc(C)c1Oc1ccc(OCc2cscn2)cn1. The molecule has 3 aromatic rings. The first-order valence-corrected chi connectivity index (χ1v) is 9.11. The zero-order chi connectivity index (χ0) is 19.2. The van der Waals surface area contributed by atoms with Gasteiger partial charge in [0.1, 0.15) is 18.1 Å². The van der Waals surface area contributed by atoms with Crippen LogP contribution in [0.5, 0.6) is 17.4 Å². The van der Waals surface area contributed by atoms with E-state index in [9.17, 15) is 4.79 Å². The molecule has 0 fully saturated rings. The number of pyridine rings is 1. The summed E-state index contributed by atoms with van der Waals surface area (Å²) in [5, 5.41) is 10.7. The van der Waals surface area contributed by atoms with E-state index in [0.29, 0.717) is 24.0 Å². The lowest BCUT2D eigenvalue weighted by atomic mass is 10.1. The predicted molar refractivity (Wildman–Crippen MR) is 103 cm³/mol. The van der Waals surface area contributed by atoms with Crippen molar-refractivity contribution in [3.63, 3.8) is 0 Å². The van der Waals surface area contributed by atoms with E-state index < -0.39 is 5.97 Å². The van der Waals surface area contributed by atoms with Gasteiger partial charge < -0.3 is 14.6 Å². The standard InChI is InChI=1S/C20H18N2O4S/c1-13-7-15(3-6-19(23)24)8-14(2)20(13)26-18-5-4-17(9-21-18)25-10-16-11-27-12-22-16/h3-9,11-12H,10H2,1-2H3,(H,23,24). The largest absolute Gasteiger partial charge is 0.486 e. The van der Waals surface area contributed by atoms with E-state index in [1.54, 1.807) is 29.9 Å². The molecular weight excluding hydrogens is 364 g/mol. The number of carbonyl (C=O) groups is 1. The second kappa shape index (κ2) is 8.46. The molecule has 0 atom stereocenters. The van der Waals surface area contributed by atoms with Crippen molar-refractivity contribution in [1.82, 2.24) is 9.97 Å². The molecule has 138 valence electrons. The summed E-state index contributed by atoms with van der Waals surface area (Å²) in [6, 6.07) is 7.27. The summed E-state index contributed by atoms with van der Waals surface area (Å²) in [5.41, 5.74) is 5.24. The molecule has 27 heavy (non-hydrogen) atoms. The maximum Gasteiger partial charge on any atom is 0.328 e. The number of aryl methyl sites for hydroxylation is 2. The topological polar surface area (TPSA) is 81.5 Å². The van der Waals surface area contributed by atoms with Crippen LogP contribution in [0.25, 0.3) is 6.08 Å². The van der Waals surface area contributed by atoms with Gasteiger partial charge in [-0.15, -0.1) is 11.3 Å². The molecule has 0 aliphatic carbocycles. The Kier molecular flexibility index (Phi) is 5.83. The fourth-order valence-electron chi connectivity index (χ4n) is 2.49. The summed E-state index contributed by atoms with van der Waals surface area (Å²) < 4.78 is 11.5. The van der Waals surface area contributed by atoms with Gasteiger partial charge in [-0.05, 0) is 54.8 Å². The van der Waals surface area contributed by atoms with Gasteiger partial charge in [0.25, 0.3) is 0 Å². The molecule has 6 nitrogen and oxygen atoms in total. The minimum absolute atomic E-state index is 0.398. The molecule has 1 aromatic carbocycles. The molecule has 2 heterocycles. The van der Waals surface area contributed by atoms with Crippen LogP contribution >= 0.6 is 11.3 Å². The van der Waals surface area contributed by atoms with Gasteiger partial charge in [-0.1, -0.05) is 0 Å². The van der Waals surface area contributed by atoms with E-state index in [0.717, 1.165) is 28.5 Å². The summed E-state index contributed by atoms with van der Waals surface area (Å²) in [5.74, 6) is 0.812. The number of nitrogens with zero attached hydrogens (tertiary/aromatic N) is 2. The van der Waals surface area contributed by atoms with Gasteiger partial charge in [0, 0.05) is 17.5 Å². The zero-order valence-electron chi connectivity index (χ0n) is 14.9. The summed E-state index contributed by atoms with van der Waals surface area (Å²) >= 11 is 1.53. The first-order chi connectivity index (χ1) is 13.0. The van der Waals surface area contributed by atoms with Crippen molar-refractivity contribution in [2.24, 2.45) is 0 Å². The molecule has 3 rings (SSSR count). The van der Waals surface area contributed by atoms with Crippen molar-refractivity contribution in [1.29, 1.82) is 0 Å². The molecule has 0 aliphatic heterocycles. The molecule has 0 saturated carbocycles. The molecular formula is C20H18N2O4S. The molecule has 1 N–H and O–H groups in total. The van der Waals surface area contributed by atoms with Crippen molar-refractivity contribution in [3.05, 3.63) is 69.8 Å². The summed E-state index contributed by atoms with van der Waals surface area (Å²) in [6.07, 6.45) is 4.27. The molecule has 0 amide bonds. The predicted octanol–water partition coefficient (Wildman–Crippen LogP) is 4.62. The van der Waals surface area contributed by atoms with Crippen molar-refractivity contribution < 1.29 is 19.4 Å². The Hall–Kier alpha value is -3.19. The maximum absolute atomic E-state index is 10.7. The third-order valence-corrected chi connectivity index (χ3v) is 4.32. The number of aromatic nitrogens is 2. The molecule has 0 spiro atoms. The monoisotopic (exact) mass is 382 g/mol. The Morgan fingerprint density at radius 2 is 2.00 bits per heavy atom. The molecule has 7 heteroatoms. The Labute approximate surface area is 160 Å². The number of aliphatic carboxylic acids is 1. The van der Waals surface area contributed by atoms with Gasteiger partial charge in [-0.25, -0.2) is 14.8 Å². The second-order valence-corrected chi connectivity index (χ2v) is 6.58. The van der Waals surface area contributed by atoms with E-state index >= 15 is 0 Å². The minimum atomic E-state index is -0.980. The van der Waals surface area contributed by atoms with Crippen LogP contribution in [0.3, 0.4) is 0 Å². The highest BCUT2D eigenvalue weighted by molar-refractivity contribution is 7.07. The number of rotatable bonds is 7. The number of ether oxygens (including phenoxy) is 2. The highest BCUT2D eigenvalue weighted by Gasteiger charge is 2.08. The van der Waals surface area contributed by atoms with E-state index in [2.05, 4.69) is 9.97 Å². The minimum Gasteiger partial charge on any atom is -0.486 e. The molecule has 2 aromatic heterocycles. The highest BCUT2D eigenvalue weighted by atomic mass is 32.1. The van der Waals surface area contributed by atoms with E-state index in [-0.39, 0.29) is 0 Å². The van der Waals surface area contributed by atoms with Gasteiger partial charge in [0.2, 0.25) is 5.88 Å². The quantitative estimate of drug-likeness (QED) is 0.600. The number of hydrogen-bond donors (Lipinski definition) is 1. The average Bonchev–Trinajstić information content (AvgIpc) is 3.16. The number of carboxylic acids is 1. The van der Waals surface area contributed by atoms with Crippen LogP contribution in [0.2, 0.25) is 0 Å². The lowest BCUT2D eigenvalue weighted by Crippen LogP contribution is -1.97. The van der Waals surface area contributed by atoms with Gasteiger partial charge in [-0.3, -0.25) is 0 Å². The van der Waals surface area contributed by atoms with Crippen LogP contribution in [0.15, 0.2) is 47.4 Å². The fourth-order valence-corrected chi connectivity index (χ4v) is 3.03. The number of benzene rings is 1. The Morgan fingerprint density at radius 3 is 2.59 bits per heavy atom. The number of thiazole rings is 1. The summed E-state index contributed by atoms with van der Waals surface area (Å²) in [4.78, 5) is 19.1. The maximum atomic E-state index is 10.7. The molecule has 0 bridgehead atoms. The van der Waals surface area contributed by atoms with Crippen LogP contribution in [0.1, 0.15) is 22.4 Å². The van der Waals surface area contributed by atoms with Crippen LogP contribution in [-0.2, 0) is 11.4 Å².